The molecule has 6 rings (SSSR count). The molecule has 4 aromatic carbocycles. The van der Waals surface area contributed by atoms with Gasteiger partial charge in [-0.25, -0.2) is 9.97 Å². The topological polar surface area (TPSA) is 30.7 Å². The largest absolute Gasteiger partial charge is 0.309 e. The van der Waals surface area contributed by atoms with E-state index in [9.17, 15) is 0 Å². The lowest BCUT2D eigenvalue weighted by Crippen LogP contribution is -1.96. The maximum atomic E-state index is 4.94. The molecule has 30 heavy (non-hydrogen) atoms. The van der Waals surface area contributed by atoms with Crippen molar-refractivity contribution in [3.05, 3.63) is 103 Å². The molecule has 2 heterocycles. The van der Waals surface area contributed by atoms with Crippen LogP contribution in [0.5, 0.6) is 0 Å². The Morgan fingerprint density at radius 3 is 2.10 bits per heavy atom. The summed E-state index contributed by atoms with van der Waals surface area (Å²) in [4.78, 5) is 9.72. The van der Waals surface area contributed by atoms with Gasteiger partial charge in [0.05, 0.1) is 33.5 Å². The summed E-state index contributed by atoms with van der Waals surface area (Å²) in [6.45, 7) is 2.03. The Morgan fingerprint density at radius 1 is 0.600 bits per heavy atom. The van der Waals surface area contributed by atoms with Gasteiger partial charge in [-0.1, -0.05) is 60.7 Å². The van der Waals surface area contributed by atoms with Gasteiger partial charge in [-0.2, -0.15) is 0 Å². The van der Waals surface area contributed by atoms with Crippen molar-refractivity contribution >= 4 is 32.8 Å². The van der Waals surface area contributed by atoms with Crippen molar-refractivity contribution in [2.24, 2.45) is 0 Å². The Balaban J connectivity index is 1.67. The molecule has 0 aliphatic heterocycles. The number of fused-ring (bicyclic) bond motifs is 4. The third-order valence-corrected chi connectivity index (χ3v) is 5.71. The molecule has 0 aliphatic rings. The molecule has 3 nitrogen and oxygen atoms in total. The number of nitrogens with zero attached hydrogens (tertiary/aromatic N) is 3. The van der Waals surface area contributed by atoms with Crippen LogP contribution in [0.2, 0.25) is 0 Å². The molecule has 0 unspecified atom stereocenters. The first-order chi connectivity index (χ1) is 14.8. The van der Waals surface area contributed by atoms with Crippen LogP contribution in [-0.4, -0.2) is 14.5 Å². The zero-order valence-electron chi connectivity index (χ0n) is 16.6. The van der Waals surface area contributed by atoms with E-state index < -0.39 is 0 Å². The van der Waals surface area contributed by atoms with Crippen LogP contribution >= 0.6 is 0 Å². The number of benzene rings is 4. The van der Waals surface area contributed by atoms with Gasteiger partial charge in [0.15, 0.2) is 0 Å². The number of aromatic nitrogens is 3. The predicted molar refractivity (Wildman–Crippen MR) is 124 cm³/mol. The number of aryl methyl sites for hydroxylation is 1. The van der Waals surface area contributed by atoms with Crippen molar-refractivity contribution in [2.75, 3.05) is 0 Å². The van der Waals surface area contributed by atoms with Gasteiger partial charge in [0.2, 0.25) is 0 Å². The normalized spacial score (nSPS) is 11.5. The van der Waals surface area contributed by atoms with E-state index in [0.717, 1.165) is 33.7 Å². The fraction of sp³-hybridized carbons (Fsp3) is 0.0370. The predicted octanol–water partition coefficient (Wildman–Crippen LogP) is 6.70. The molecule has 0 radical (unpaired) electrons. The zero-order valence-corrected chi connectivity index (χ0v) is 16.6. The highest BCUT2D eigenvalue weighted by atomic mass is 15.0. The number of hydrogen-bond donors (Lipinski definition) is 0. The molecule has 0 spiro atoms. The van der Waals surface area contributed by atoms with E-state index in [2.05, 4.69) is 77.4 Å². The molecule has 0 N–H and O–H groups in total. The second-order valence-electron chi connectivity index (χ2n) is 7.57. The van der Waals surface area contributed by atoms with Gasteiger partial charge in [-0.3, -0.25) is 0 Å². The summed E-state index contributed by atoms with van der Waals surface area (Å²) in [6.07, 6.45) is 0. The standard InChI is InChI=1S/C27H19N3/c1-18-27(29-24-13-7-6-12-23(24)28-18)19-15-16-22-21-11-5-8-14-25(21)30(26(22)17-19)20-9-3-2-4-10-20/h2-17H,1H3. The molecular weight excluding hydrogens is 366 g/mol. The van der Waals surface area contributed by atoms with Crippen molar-refractivity contribution in [1.29, 1.82) is 0 Å². The summed E-state index contributed by atoms with van der Waals surface area (Å²) in [5.74, 6) is 0. The molecule has 6 aromatic rings. The third-order valence-electron chi connectivity index (χ3n) is 5.71. The minimum Gasteiger partial charge on any atom is -0.309 e. The van der Waals surface area contributed by atoms with Crippen molar-refractivity contribution in [2.45, 2.75) is 6.92 Å². The first kappa shape index (κ1) is 16.9. The van der Waals surface area contributed by atoms with Crippen LogP contribution < -0.4 is 0 Å². The second-order valence-corrected chi connectivity index (χ2v) is 7.57. The van der Waals surface area contributed by atoms with Gasteiger partial charge in [0, 0.05) is 22.0 Å². The molecule has 0 bridgehead atoms. The molecule has 142 valence electrons. The minimum atomic E-state index is 0.918. The van der Waals surface area contributed by atoms with Crippen LogP contribution in [0.25, 0.3) is 49.8 Å². The minimum absolute atomic E-state index is 0.918. The Labute approximate surface area is 174 Å². The number of hydrogen-bond acceptors (Lipinski definition) is 2. The molecule has 0 saturated carbocycles. The quantitative estimate of drug-likeness (QED) is 0.332. The van der Waals surface area contributed by atoms with E-state index in [-0.39, 0.29) is 0 Å². The van der Waals surface area contributed by atoms with Crippen molar-refractivity contribution < 1.29 is 0 Å². The summed E-state index contributed by atoms with van der Waals surface area (Å²) in [5, 5.41) is 2.49. The van der Waals surface area contributed by atoms with Crippen LogP contribution in [-0.2, 0) is 0 Å². The summed E-state index contributed by atoms with van der Waals surface area (Å²) in [5.41, 5.74) is 8.34. The van der Waals surface area contributed by atoms with Crippen LogP contribution in [0.4, 0.5) is 0 Å². The highest BCUT2D eigenvalue weighted by molar-refractivity contribution is 6.10. The summed E-state index contributed by atoms with van der Waals surface area (Å²) in [7, 11) is 0. The molecule has 2 aromatic heterocycles. The average Bonchev–Trinajstić information content (AvgIpc) is 3.13. The fourth-order valence-electron chi connectivity index (χ4n) is 4.33. The summed E-state index contributed by atoms with van der Waals surface area (Å²) >= 11 is 0. The summed E-state index contributed by atoms with van der Waals surface area (Å²) < 4.78 is 2.33. The monoisotopic (exact) mass is 385 g/mol. The van der Waals surface area contributed by atoms with Crippen LogP contribution in [0.1, 0.15) is 5.69 Å². The SMILES string of the molecule is Cc1nc2ccccc2nc1-c1ccc2c3ccccc3n(-c3ccccc3)c2c1. The maximum absolute atomic E-state index is 4.94. The summed E-state index contributed by atoms with van der Waals surface area (Å²) in [6, 6.07) is 33.7. The molecule has 0 saturated heterocycles. The fourth-order valence-corrected chi connectivity index (χ4v) is 4.33. The maximum Gasteiger partial charge on any atom is 0.0922 e. The van der Waals surface area contributed by atoms with E-state index in [0.29, 0.717) is 0 Å². The first-order valence-electron chi connectivity index (χ1n) is 10.1. The average molecular weight is 385 g/mol. The lowest BCUT2D eigenvalue weighted by atomic mass is 10.1. The van der Waals surface area contributed by atoms with E-state index in [4.69, 9.17) is 9.97 Å². The van der Waals surface area contributed by atoms with Crippen LogP contribution in [0.3, 0.4) is 0 Å². The van der Waals surface area contributed by atoms with Gasteiger partial charge in [-0.15, -0.1) is 0 Å². The molecular formula is C27H19N3. The third kappa shape index (κ3) is 2.52. The smallest absolute Gasteiger partial charge is 0.0922 e. The van der Waals surface area contributed by atoms with Crippen molar-refractivity contribution in [3.8, 4) is 16.9 Å². The number of rotatable bonds is 2. The Kier molecular flexibility index (Phi) is 3.68. The Hall–Kier alpha value is -3.98. The lowest BCUT2D eigenvalue weighted by Gasteiger charge is -2.10. The zero-order chi connectivity index (χ0) is 20.1. The van der Waals surface area contributed by atoms with E-state index in [1.807, 2.05) is 31.2 Å². The van der Waals surface area contributed by atoms with Gasteiger partial charge in [-0.05, 0) is 43.3 Å². The van der Waals surface area contributed by atoms with Crippen molar-refractivity contribution in [3.63, 3.8) is 0 Å². The molecule has 0 atom stereocenters. The molecule has 0 amide bonds. The van der Waals surface area contributed by atoms with Gasteiger partial charge >= 0.3 is 0 Å². The highest BCUT2D eigenvalue weighted by Crippen LogP contribution is 2.35. The van der Waals surface area contributed by atoms with Gasteiger partial charge in [0.1, 0.15) is 0 Å². The van der Waals surface area contributed by atoms with E-state index >= 15 is 0 Å². The molecule has 3 heteroatoms. The Bertz CT molecular complexity index is 1550. The van der Waals surface area contributed by atoms with Crippen LogP contribution in [0.15, 0.2) is 97.1 Å². The first-order valence-corrected chi connectivity index (χ1v) is 10.1. The number of para-hydroxylation sites is 4. The molecule has 0 fully saturated rings. The van der Waals surface area contributed by atoms with Crippen LogP contribution in [0, 0.1) is 6.92 Å². The van der Waals surface area contributed by atoms with E-state index in [1.165, 1.54) is 21.8 Å². The second kappa shape index (κ2) is 6.53. The molecule has 0 aliphatic carbocycles. The van der Waals surface area contributed by atoms with Gasteiger partial charge < -0.3 is 4.57 Å². The van der Waals surface area contributed by atoms with Crippen molar-refractivity contribution in [1.82, 2.24) is 14.5 Å². The van der Waals surface area contributed by atoms with Gasteiger partial charge in [0.25, 0.3) is 0 Å². The van der Waals surface area contributed by atoms with E-state index in [1.54, 1.807) is 0 Å². The lowest BCUT2D eigenvalue weighted by molar-refractivity contribution is 1.17. The highest BCUT2D eigenvalue weighted by Gasteiger charge is 2.14. The Morgan fingerprint density at radius 2 is 1.27 bits per heavy atom.